The predicted molar refractivity (Wildman–Crippen MR) is 77.0 cm³/mol. The lowest BCUT2D eigenvalue weighted by molar-refractivity contribution is -0.0719. The van der Waals surface area contributed by atoms with Crippen molar-refractivity contribution in [1.82, 2.24) is 4.98 Å². The van der Waals surface area contributed by atoms with Gasteiger partial charge in [-0.3, -0.25) is 4.98 Å². The number of ether oxygens (including phenoxy) is 1. The van der Waals surface area contributed by atoms with Crippen LogP contribution in [0.1, 0.15) is 32.4 Å². The van der Waals surface area contributed by atoms with Crippen LogP contribution in [0.5, 0.6) is 0 Å². The van der Waals surface area contributed by atoms with E-state index in [1.807, 2.05) is 30.3 Å². The van der Waals surface area contributed by atoms with Gasteiger partial charge in [-0.2, -0.15) is 0 Å². The highest BCUT2D eigenvalue weighted by molar-refractivity contribution is 5.81. The molecule has 0 aliphatic rings. The Kier molecular flexibility index (Phi) is 3.88. The van der Waals surface area contributed by atoms with Crippen molar-refractivity contribution in [2.24, 2.45) is 5.41 Å². The molecule has 1 aromatic heterocycles. The van der Waals surface area contributed by atoms with E-state index in [-0.39, 0.29) is 11.5 Å². The Balaban J connectivity index is 2.49. The third-order valence-corrected chi connectivity index (χ3v) is 3.38. The van der Waals surface area contributed by atoms with Crippen LogP contribution in [0.25, 0.3) is 10.9 Å². The smallest absolute Gasteiger partial charge is 0.108 e. The van der Waals surface area contributed by atoms with E-state index in [4.69, 9.17) is 4.74 Å². The molecule has 102 valence electrons. The van der Waals surface area contributed by atoms with E-state index >= 15 is 0 Å². The monoisotopic (exact) mass is 259 g/mol. The molecule has 2 unspecified atom stereocenters. The molecule has 0 fully saturated rings. The zero-order valence-corrected chi connectivity index (χ0v) is 11.9. The van der Waals surface area contributed by atoms with E-state index in [1.54, 1.807) is 13.3 Å². The molecule has 2 aromatic rings. The van der Waals surface area contributed by atoms with E-state index in [1.165, 1.54) is 0 Å². The van der Waals surface area contributed by atoms with Crippen molar-refractivity contribution in [3.8, 4) is 0 Å². The summed E-state index contributed by atoms with van der Waals surface area (Å²) in [6, 6.07) is 9.75. The van der Waals surface area contributed by atoms with Crippen LogP contribution in [0.15, 0.2) is 36.5 Å². The second-order valence-corrected chi connectivity index (χ2v) is 5.89. The number of hydrogen-bond donors (Lipinski definition) is 1. The van der Waals surface area contributed by atoms with E-state index < -0.39 is 6.10 Å². The number of hydrogen-bond acceptors (Lipinski definition) is 3. The first-order chi connectivity index (χ1) is 8.95. The highest BCUT2D eigenvalue weighted by atomic mass is 16.5. The highest BCUT2D eigenvalue weighted by Gasteiger charge is 2.33. The fraction of sp³-hybridized carbons (Fsp3) is 0.438. The van der Waals surface area contributed by atoms with Crippen LogP contribution in [0, 0.1) is 5.41 Å². The second kappa shape index (κ2) is 5.27. The number of fused-ring (bicyclic) bond motifs is 1. The third-order valence-electron chi connectivity index (χ3n) is 3.38. The summed E-state index contributed by atoms with van der Waals surface area (Å²) in [4.78, 5) is 4.39. The quantitative estimate of drug-likeness (QED) is 0.919. The maximum atomic E-state index is 10.6. The molecular weight excluding hydrogens is 238 g/mol. The first-order valence-electron chi connectivity index (χ1n) is 6.49. The number of aromatic nitrogens is 1. The first kappa shape index (κ1) is 14.0. The number of aliphatic hydroxyl groups is 1. The number of methoxy groups -OCH3 is 1. The minimum Gasteiger partial charge on any atom is -0.386 e. The Morgan fingerprint density at radius 3 is 2.47 bits per heavy atom. The van der Waals surface area contributed by atoms with Gasteiger partial charge in [0.1, 0.15) is 6.10 Å². The second-order valence-electron chi connectivity index (χ2n) is 5.89. The van der Waals surface area contributed by atoms with Crippen LogP contribution in [-0.2, 0) is 4.74 Å². The van der Waals surface area contributed by atoms with Gasteiger partial charge in [0, 0.05) is 24.3 Å². The van der Waals surface area contributed by atoms with Crippen molar-refractivity contribution in [2.45, 2.75) is 33.0 Å². The lowest BCUT2D eigenvalue weighted by Gasteiger charge is -2.33. The summed E-state index contributed by atoms with van der Waals surface area (Å²) in [5.74, 6) is 0. The standard InChI is InChI=1S/C16H21NO2/c1-16(2,3)15(19-4)14(18)12-9-5-7-11-8-6-10-17-13(11)12/h5-10,14-15,18H,1-4H3. The Morgan fingerprint density at radius 1 is 1.16 bits per heavy atom. The summed E-state index contributed by atoms with van der Waals surface area (Å²) in [6.07, 6.45) is 0.779. The fourth-order valence-corrected chi connectivity index (χ4v) is 2.49. The molecule has 0 radical (unpaired) electrons. The predicted octanol–water partition coefficient (Wildman–Crippen LogP) is 3.33. The maximum absolute atomic E-state index is 10.6. The van der Waals surface area contributed by atoms with Gasteiger partial charge < -0.3 is 9.84 Å². The van der Waals surface area contributed by atoms with E-state index in [2.05, 4.69) is 25.8 Å². The van der Waals surface area contributed by atoms with Crippen LogP contribution in [0.4, 0.5) is 0 Å². The highest BCUT2D eigenvalue weighted by Crippen LogP contribution is 2.34. The van der Waals surface area contributed by atoms with Crippen molar-refractivity contribution in [3.63, 3.8) is 0 Å². The van der Waals surface area contributed by atoms with Gasteiger partial charge in [0.15, 0.2) is 0 Å². The molecule has 0 amide bonds. The number of pyridine rings is 1. The Labute approximate surface area is 114 Å². The third kappa shape index (κ3) is 2.77. The number of aliphatic hydroxyl groups excluding tert-OH is 1. The van der Waals surface area contributed by atoms with Gasteiger partial charge in [-0.15, -0.1) is 0 Å². The molecular formula is C16H21NO2. The van der Waals surface area contributed by atoms with Crippen molar-refractivity contribution in [2.75, 3.05) is 7.11 Å². The Morgan fingerprint density at radius 2 is 1.84 bits per heavy atom. The average Bonchev–Trinajstić information content (AvgIpc) is 2.37. The van der Waals surface area contributed by atoms with Gasteiger partial charge in [-0.1, -0.05) is 45.0 Å². The van der Waals surface area contributed by atoms with Crippen LogP contribution in [0.2, 0.25) is 0 Å². The number of rotatable bonds is 3. The summed E-state index contributed by atoms with van der Waals surface area (Å²) >= 11 is 0. The molecule has 0 saturated heterocycles. The van der Waals surface area contributed by atoms with Gasteiger partial charge in [-0.25, -0.2) is 0 Å². The van der Waals surface area contributed by atoms with Crippen molar-refractivity contribution < 1.29 is 9.84 Å². The van der Waals surface area contributed by atoms with Gasteiger partial charge in [0.2, 0.25) is 0 Å². The molecule has 0 saturated carbocycles. The van der Waals surface area contributed by atoms with E-state index in [0.29, 0.717) is 0 Å². The lowest BCUT2D eigenvalue weighted by Crippen LogP contribution is -2.34. The molecule has 1 N–H and O–H groups in total. The SMILES string of the molecule is COC(C(O)c1cccc2cccnc12)C(C)(C)C. The summed E-state index contributed by atoms with van der Waals surface area (Å²) in [5.41, 5.74) is 1.51. The minimum atomic E-state index is -0.691. The summed E-state index contributed by atoms with van der Waals surface area (Å²) in [7, 11) is 1.64. The zero-order chi connectivity index (χ0) is 14.0. The molecule has 19 heavy (non-hydrogen) atoms. The van der Waals surface area contributed by atoms with Gasteiger partial charge in [0.05, 0.1) is 11.6 Å². The van der Waals surface area contributed by atoms with Crippen LogP contribution in [0.3, 0.4) is 0 Å². The summed E-state index contributed by atoms with van der Waals surface area (Å²) < 4.78 is 5.50. The fourth-order valence-electron chi connectivity index (χ4n) is 2.49. The molecule has 1 aromatic carbocycles. The maximum Gasteiger partial charge on any atom is 0.108 e. The first-order valence-corrected chi connectivity index (χ1v) is 6.49. The number of para-hydroxylation sites is 1. The molecule has 2 rings (SSSR count). The lowest BCUT2D eigenvalue weighted by atomic mass is 9.83. The van der Waals surface area contributed by atoms with Gasteiger partial charge in [-0.05, 0) is 11.5 Å². The Bertz CT molecular complexity index is 555. The van der Waals surface area contributed by atoms with E-state index in [9.17, 15) is 5.11 Å². The summed E-state index contributed by atoms with van der Waals surface area (Å²) in [6.45, 7) is 6.18. The Hall–Kier alpha value is -1.45. The molecule has 0 bridgehead atoms. The summed E-state index contributed by atoms with van der Waals surface area (Å²) in [5, 5.41) is 11.7. The molecule has 3 heteroatoms. The zero-order valence-electron chi connectivity index (χ0n) is 11.9. The van der Waals surface area contributed by atoms with E-state index in [0.717, 1.165) is 16.5 Å². The van der Waals surface area contributed by atoms with Gasteiger partial charge in [0.25, 0.3) is 0 Å². The largest absolute Gasteiger partial charge is 0.386 e. The number of nitrogens with zero attached hydrogens (tertiary/aromatic N) is 1. The van der Waals surface area contributed by atoms with Crippen LogP contribution < -0.4 is 0 Å². The molecule has 3 nitrogen and oxygen atoms in total. The number of benzene rings is 1. The van der Waals surface area contributed by atoms with Crippen molar-refractivity contribution in [3.05, 3.63) is 42.1 Å². The molecule has 0 spiro atoms. The van der Waals surface area contributed by atoms with Crippen LogP contribution >= 0.6 is 0 Å². The van der Waals surface area contributed by atoms with Crippen LogP contribution in [-0.4, -0.2) is 23.3 Å². The van der Waals surface area contributed by atoms with Gasteiger partial charge >= 0.3 is 0 Å². The van der Waals surface area contributed by atoms with Crippen molar-refractivity contribution >= 4 is 10.9 Å². The normalized spacial score (nSPS) is 15.4. The average molecular weight is 259 g/mol. The minimum absolute atomic E-state index is 0.148. The molecule has 2 atom stereocenters. The molecule has 0 aliphatic heterocycles. The van der Waals surface area contributed by atoms with Crippen molar-refractivity contribution in [1.29, 1.82) is 0 Å². The topological polar surface area (TPSA) is 42.4 Å². The molecule has 1 heterocycles. The molecule has 0 aliphatic carbocycles.